The molecule has 5 heteroatoms. The van der Waals surface area contributed by atoms with Crippen LogP contribution in [0.25, 0.3) is 0 Å². The summed E-state index contributed by atoms with van der Waals surface area (Å²) in [5, 5.41) is 0. The Morgan fingerprint density at radius 3 is 2.62 bits per heavy atom. The predicted octanol–water partition coefficient (Wildman–Crippen LogP) is 1.65. The van der Waals surface area contributed by atoms with Gasteiger partial charge in [-0.2, -0.15) is 0 Å². The Morgan fingerprint density at radius 1 is 1.38 bits per heavy atom. The molecule has 1 aliphatic carbocycles. The highest BCUT2D eigenvalue weighted by atomic mass is 16.6. The van der Waals surface area contributed by atoms with Gasteiger partial charge < -0.3 is 4.74 Å². The highest BCUT2D eigenvalue weighted by Crippen LogP contribution is 2.15. The van der Waals surface area contributed by atoms with Crippen LogP contribution < -0.4 is 10.9 Å². The molecule has 0 fully saturated rings. The molecule has 0 saturated carbocycles. The quantitative estimate of drug-likeness (QED) is 0.702. The predicted molar refractivity (Wildman–Crippen MR) is 59.4 cm³/mol. The summed E-state index contributed by atoms with van der Waals surface area (Å²) in [6, 6.07) is 0. The van der Waals surface area contributed by atoms with Gasteiger partial charge in [0.05, 0.1) is 0 Å². The molecule has 1 rings (SSSR count). The highest BCUT2D eigenvalue weighted by molar-refractivity contribution is 5.91. The summed E-state index contributed by atoms with van der Waals surface area (Å²) in [6.07, 6.45) is 2.71. The van der Waals surface area contributed by atoms with Crippen molar-refractivity contribution in [1.82, 2.24) is 10.9 Å². The van der Waals surface area contributed by atoms with Crippen LogP contribution in [0.1, 0.15) is 40.0 Å². The lowest BCUT2D eigenvalue weighted by molar-refractivity contribution is -0.115. The monoisotopic (exact) mass is 226 g/mol. The molecular weight excluding hydrogens is 208 g/mol. The van der Waals surface area contributed by atoms with Gasteiger partial charge in [-0.15, -0.1) is 0 Å². The number of hydrazine groups is 1. The second-order valence-electron chi connectivity index (χ2n) is 4.82. The first kappa shape index (κ1) is 12.7. The van der Waals surface area contributed by atoms with Crippen molar-refractivity contribution >= 4 is 11.9 Å². The minimum absolute atomic E-state index is 0.0119. The van der Waals surface area contributed by atoms with Crippen molar-refractivity contribution in [2.24, 2.45) is 0 Å². The maximum absolute atomic E-state index is 11.3. The van der Waals surface area contributed by atoms with E-state index in [9.17, 15) is 9.59 Å². The van der Waals surface area contributed by atoms with E-state index < -0.39 is 6.09 Å². The highest BCUT2D eigenvalue weighted by Gasteiger charge is 2.15. The average molecular weight is 226 g/mol. The summed E-state index contributed by atoms with van der Waals surface area (Å²) in [5.74, 6) is 0.447. The van der Waals surface area contributed by atoms with Gasteiger partial charge in [0.15, 0.2) is 5.78 Å². The first-order chi connectivity index (χ1) is 7.37. The van der Waals surface area contributed by atoms with Gasteiger partial charge in [-0.3, -0.25) is 10.2 Å². The second kappa shape index (κ2) is 5.12. The molecule has 0 aromatic rings. The number of amides is 1. The standard InChI is InChI=1S/C11H18N2O3/c1-11(2,3)13-12-10(15)16-9-6-4-5-8(14)7-9/h7,13H,4-6H2,1-3H3,(H,12,15). The molecule has 0 aromatic carbocycles. The SMILES string of the molecule is CC(C)(C)NNC(=O)OC1=CC(=O)CCC1. The van der Waals surface area contributed by atoms with Crippen molar-refractivity contribution in [2.45, 2.75) is 45.6 Å². The lowest BCUT2D eigenvalue weighted by Gasteiger charge is -2.21. The fraction of sp³-hybridized carbons (Fsp3) is 0.636. The summed E-state index contributed by atoms with van der Waals surface area (Å²) in [7, 11) is 0. The zero-order valence-electron chi connectivity index (χ0n) is 9.92. The van der Waals surface area contributed by atoms with E-state index in [0.29, 0.717) is 18.6 Å². The van der Waals surface area contributed by atoms with E-state index in [0.717, 1.165) is 6.42 Å². The Balaban J connectivity index is 2.37. The molecule has 2 N–H and O–H groups in total. The maximum Gasteiger partial charge on any atom is 0.426 e. The lowest BCUT2D eigenvalue weighted by Crippen LogP contribution is -2.48. The van der Waals surface area contributed by atoms with E-state index >= 15 is 0 Å². The number of carbonyl (C=O) groups is 2. The normalized spacial score (nSPS) is 16.7. The molecule has 0 saturated heterocycles. The van der Waals surface area contributed by atoms with Crippen LogP contribution in [0, 0.1) is 0 Å². The third kappa shape index (κ3) is 4.93. The molecule has 0 radical (unpaired) electrons. The summed E-state index contributed by atoms with van der Waals surface area (Å²) < 4.78 is 4.98. The van der Waals surface area contributed by atoms with Crippen molar-refractivity contribution in [3.05, 3.63) is 11.8 Å². The van der Waals surface area contributed by atoms with Crippen molar-refractivity contribution < 1.29 is 14.3 Å². The number of hydrogen-bond donors (Lipinski definition) is 2. The van der Waals surface area contributed by atoms with Gasteiger partial charge in [-0.1, -0.05) is 0 Å². The van der Waals surface area contributed by atoms with Crippen LogP contribution >= 0.6 is 0 Å². The molecule has 16 heavy (non-hydrogen) atoms. The Morgan fingerprint density at radius 2 is 2.06 bits per heavy atom. The fourth-order valence-electron chi connectivity index (χ4n) is 1.22. The third-order valence-corrected chi connectivity index (χ3v) is 1.93. The van der Waals surface area contributed by atoms with Crippen molar-refractivity contribution in [3.8, 4) is 0 Å². The van der Waals surface area contributed by atoms with Crippen LogP contribution in [0.5, 0.6) is 0 Å². The van der Waals surface area contributed by atoms with Gasteiger partial charge in [0.2, 0.25) is 0 Å². The zero-order chi connectivity index (χ0) is 12.2. The largest absolute Gasteiger partial charge is 0.426 e. The van der Waals surface area contributed by atoms with Crippen LogP contribution in [-0.2, 0) is 9.53 Å². The molecule has 5 nitrogen and oxygen atoms in total. The Kier molecular flexibility index (Phi) is 4.06. The lowest BCUT2D eigenvalue weighted by atomic mass is 10.1. The number of carbonyl (C=O) groups excluding carboxylic acids is 2. The Labute approximate surface area is 95.2 Å². The van der Waals surface area contributed by atoms with Gasteiger partial charge in [-0.05, 0) is 27.2 Å². The number of nitrogens with one attached hydrogen (secondary N) is 2. The van der Waals surface area contributed by atoms with Crippen molar-refractivity contribution in [3.63, 3.8) is 0 Å². The molecular formula is C11H18N2O3. The molecule has 0 aromatic heterocycles. The number of hydrogen-bond acceptors (Lipinski definition) is 4. The Hall–Kier alpha value is -1.36. The molecule has 0 bridgehead atoms. The summed E-state index contributed by atoms with van der Waals surface area (Å²) in [6.45, 7) is 5.74. The van der Waals surface area contributed by atoms with E-state index in [2.05, 4.69) is 10.9 Å². The van der Waals surface area contributed by atoms with Crippen molar-refractivity contribution in [1.29, 1.82) is 0 Å². The van der Waals surface area contributed by atoms with E-state index in [1.165, 1.54) is 6.08 Å². The van der Waals surface area contributed by atoms with Crippen molar-refractivity contribution in [2.75, 3.05) is 0 Å². The minimum Gasteiger partial charge on any atom is -0.414 e. The minimum atomic E-state index is -0.587. The zero-order valence-corrected chi connectivity index (χ0v) is 9.92. The van der Waals surface area contributed by atoms with Crippen LogP contribution in [0.4, 0.5) is 4.79 Å². The van der Waals surface area contributed by atoms with Gasteiger partial charge in [0.1, 0.15) is 5.76 Å². The average Bonchev–Trinajstić information content (AvgIpc) is 2.14. The topological polar surface area (TPSA) is 67.4 Å². The van der Waals surface area contributed by atoms with E-state index in [1.54, 1.807) is 0 Å². The molecule has 1 amide bonds. The molecule has 0 spiro atoms. The van der Waals surface area contributed by atoms with Gasteiger partial charge in [0, 0.05) is 24.5 Å². The number of allylic oxidation sites excluding steroid dienone is 2. The summed E-state index contributed by atoms with van der Waals surface area (Å²) in [4.78, 5) is 22.4. The van der Waals surface area contributed by atoms with E-state index in [-0.39, 0.29) is 11.3 Å². The summed E-state index contributed by atoms with van der Waals surface area (Å²) in [5.41, 5.74) is 4.98. The first-order valence-corrected chi connectivity index (χ1v) is 5.35. The Bertz CT molecular complexity index is 316. The first-order valence-electron chi connectivity index (χ1n) is 5.35. The van der Waals surface area contributed by atoms with Crippen LogP contribution in [-0.4, -0.2) is 17.4 Å². The van der Waals surface area contributed by atoms with Crippen LogP contribution in [0.15, 0.2) is 11.8 Å². The van der Waals surface area contributed by atoms with Gasteiger partial charge >= 0.3 is 6.09 Å². The molecule has 0 heterocycles. The van der Waals surface area contributed by atoms with Gasteiger partial charge in [-0.25, -0.2) is 10.2 Å². The second-order valence-corrected chi connectivity index (χ2v) is 4.82. The molecule has 1 aliphatic rings. The van der Waals surface area contributed by atoms with Gasteiger partial charge in [0.25, 0.3) is 0 Å². The van der Waals surface area contributed by atoms with E-state index in [4.69, 9.17) is 4.74 Å². The van der Waals surface area contributed by atoms with Crippen LogP contribution in [0.2, 0.25) is 0 Å². The number of rotatable bonds is 2. The molecule has 90 valence electrons. The smallest absolute Gasteiger partial charge is 0.414 e. The fourth-order valence-corrected chi connectivity index (χ4v) is 1.22. The molecule has 0 atom stereocenters. The maximum atomic E-state index is 11.3. The number of ether oxygens (including phenoxy) is 1. The van der Waals surface area contributed by atoms with E-state index in [1.807, 2.05) is 20.8 Å². The van der Waals surface area contributed by atoms with Crippen LogP contribution in [0.3, 0.4) is 0 Å². The molecule has 0 aliphatic heterocycles. The number of ketones is 1. The third-order valence-electron chi connectivity index (χ3n) is 1.93. The summed E-state index contributed by atoms with van der Waals surface area (Å²) >= 11 is 0. The molecule has 0 unspecified atom stereocenters.